The van der Waals surface area contributed by atoms with Gasteiger partial charge in [-0.15, -0.1) is 0 Å². The Balaban J connectivity index is 2.59. The number of ether oxygens (including phenoxy) is 1. The molecule has 100 valence electrons. The van der Waals surface area contributed by atoms with E-state index in [0.717, 1.165) is 38.9 Å². The third-order valence-electron chi connectivity index (χ3n) is 3.61. The maximum atomic E-state index is 12.2. The van der Waals surface area contributed by atoms with Crippen molar-refractivity contribution in [1.82, 2.24) is 4.90 Å². The van der Waals surface area contributed by atoms with Crippen LogP contribution in [0.3, 0.4) is 0 Å². The number of carbonyl (C=O) groups excluding carboxylic acids is 1. The fourth-order valence-corrected chi connectivity index (χ4v) is 2.69. The van der Waals surface area contributed by atoms with Crippen molar-refractivity contribution in [3.8, 4) is 0 Å². The Morgan fingerprint density at radius 2 is 1.82 bits per heavy atom. The van der Waals surface area contributed by atoms with Crippen molar-refractivity contribution in [3.63, 3.8) is 0 Å². The molecule has 0 bridgehead atoms. The predicted octanol–water partition coefficient (Wildman–Crippen LogP) is 2.64. The highest BCUT2D eigenvalue weighted by atomic mass is 16.5. The summed E-state index contributed by atoms with van der Waals surface area (Å²) in [6.45, 7) is 10.0. The Kier molecular flexibility index (Phi) is 6.14. The molecule has 1 aliphatic rings. The Morgan fingerprint density at radius 1 is 1.18 bits per heavy atom. The SMILES string of the molecule is CCCC(=O)C1(OCC)CCN(CCC)CC1. The van der Waals surface area contributed by atoms with Crippen molar-refractivity contribution in [2.75, 3.05) is 26.2 Å². The number of ketones is 1. The lowest BCUT2D eigenvalue weighted by atomic mass is 9.85. The highest BCUT2D eigenvalue weighted by molar-refractivity contribution is 5.87. The number of carbonyl (C=O) groups is 1. The zero-order chi connectivity index (χ0) is 12.7. The number of nitrogens with zero attached hydrogens (tertiary/aromatic N) is 1. The summed E-state index contributed by atoms with van der Waals surface area (Å²) in [5.41, 5.74) is -0.463. The summed E-state index contributed by atoms with van der Waals surface area (Å²) >= 11 is 0. The van der Waals surface area contributed by atoms with Gasteiger partial charge in [0.25, 0.3) is 0 Å². The van der Waals surface area contributed by atoms with Crippen LogP contribution < -0.4 is 0 Å². The number of rotatable bonds is 7. The largest absolute Gasteiger partial charge is 0.367 e. The number of hydrogen-bond acceptors (Lipinski definition) is 3. The van der Waals surface area contributed by atoms with E-state index < -0.39 is 5.60 Å². The van der Waals surface area contributed by atoms with Crippen LogP contribution >= 0.6 is 0 Å². The minimum atomic E-state index is -0.463. The lowest BCUT2D eigenvalue weighted by molar-refractivity contribution is -0.151. The van der Waals surface area contributed by atoms with Crippen LogP contribution in [-0.2, 0) is 9.53 Å². The molecule has 1 rings (SSSR count). The van der Waals surface area contributed by atoms with Gasteiger partial charge in [-0.25, -0.2) is 0 Å². The average molecular weight is 241 g/mol. The van der Waals surface area contributed by atoms with Crippen LogP contribution in [-0.4, -0.2) is 42.5 Å². The fourth-order valence-electron chi connectivity index (χ4n) is 2.69. The summed E-state index contributed by atoms with van der Waals surface area (Å²) in [5.74, 6) is 0.318. The van der Waals surface area contributed by atoms with Gasteiger partial charge in [-0.1, -0.05) is 13.8 Å². The zero-order valence-electron chi connectivity index (χ0n) is 11.6. The Bertz CT molecular complexity index is 232. The molecular weight excluding hydrogens is 214 g/mol. The smallest absolute Gasteiger partial charge is 0.164 e. The van der Waals surface area contributed by atoms with Crippen LogP contribution in [0.4, 0.5) is 0 Å². The van der Waals surface area contributed by atoms with Gasteiger partial charge in [-0.3, -0.25) is 4.79 Å². The fraction of sp³-hybridized carbons (Fsp3) is 0.929. The lowest BCUT2D eigenvalue weighted by Crippen LogP contribution is -2.51. The van der Waals surface area contributed by atoms with E-state index in [2.05, 4.69) is 18.7 Å². The third-order valence-corrected chi connectivity index (χ3v) is 3.61. The summed E-state index contributed by atoms with van der Waals surface area (Å²) in [4.78, 5) is 14.7. The van der Waals surface area contributed by atoms with Gasteiger partial charge in [0, 0.05) is 26.1 Å². The molecule has 3 heteroatoms. The van der Waals surface area contributed by atoms with Gasteiger partial charge < -0.3 is 9.64 Å². The quantitative estimate of drug-likeness (QED) is 0.686. The van der Waals surface area contributed by atoms with Gasteiger partial charge in [0.15, 0.2) is 5.78 Å². The molecule has 0 amide bonds. The highest BCUT2D eigenvalue weighted by Gasteiger charge is 2.40. The molecule has 0 aromatic heterocycles. The van der Waals surface area contributed by atoms with Gasteiger partial charge in [-0.2, -0.15) is 0 Å². The average Bonchev–Trinajstić information content (AvgIpc) is 2.33. The predicted molar refractivity (Wildman–Crippen MR) is 70.2 cm³/mol. The van der Waals surface area contributed by atoms with Crippen molar-refractivity contribution in [1.29, 1.82) is 0 Å². The molecule has 0 unspecified atom stereocenters. The molecule has 0 aromatic rings. The van der Waals surface area contributed by atoms with Crippen molar-refractivity contribution >= 4 is 5.78 Å². The molecule has 1 aliphatic heterocycles. The summed E-state index contributed by atoms with van der Waals surface area (Å²) in [6.07, 6.45) is 4.52. The topological polar surface area (TPSA) is 29.5 Å². The monoisotopic (exact) mass is 241 g/mol. The number of likely N-dealkylation sites (tertiary alicyclic amines) is 1. The Hall–Kier alpha value is -0.410. The first-order valence-corrected chi connectivity index (χ1v) is 7.08. The van der Waals surface area contributed by atoms with Crippen molar-refractivity contribution < 1.29 is 9.53 Å². The molecule has 0 aliphatic carbocycles. The van der Waals surface area contributed by atoms with Crippen LogP contribution in [0.2, 0.25) is 0 Å². The second-order valence-electron chi connectivity index (χ2n) is 4.94. The van der Waals surface area contributed by atoms with E-state index >= 15 is 0 Å². The van der Waals surface area contributed by atoms with E-state index in [1.807, 2.05) is 6.92 Å². The normalized spacial score (nSPS) is 20.4. The summed E-state index contributed by atoms with van der Waals surface area (Å²) in [6, 6.07) is 0. The molecule has 3 nitrogen and oxygen atoms in total. The maximum absolute atomic E-state index is 12.2. The first-order chi connectivity index (χ1) is 8.18. The molecule has 1 saturated heterocycles. The van der Waals surface area contributed by atoms with Crippen LogP contribution in [0.25, 0.3) is 0 Å². The van der Waals surface area contributed by atoms with Crippen LogP contribution in [0.1, 0.15) is 52.9 Å². The van der Waals surface area contributed by atoms with E-state index in [-0.39, 0.29) is 0 Å². The summed E-state index contributed by atoms with van der Waals surface area (Å²) < 4.78 is 5.84. The van der Waals surface area contributed by atoms with E-state index in [1.54, 1.807) is 0 Å². The summed E-state index contributed by atoms with van der Waals surface area (Å²) in [5, 5.41) is 0. The molecule has 1 heterocycles. The van der Waals surface area contributed by atoms with Gasteiger partial charge in [-0.05, 0) is 39.2 Å². The number of hydrogen-bond donors (Lipinski definition) is 0. The van der Waals surface area contributed by atoms with Crippen LogP contribution in [0.15, 0.2) is 0 Å². The zero-order valence-corrected chi connectivity index (χ0v) is 11.6. The van der Waals surface area contributed by atoms with Gasteiger partial charge >= 0.3 is 0 Å². The first-order valence-electron chi connectivity index (χ1n) is 7.08. The van der Waals surface area contributed by atoms with Crippen molar-refractivity contribution in [2.24, 2.45) is 0 Å². The first kappa shape index (κ1) is 14.7. The molecule has 17 heavy (non-hydrogen) atoms. The van der Waals surface area contributed by atoms with Crippen LogP contribution in [0.5, 0.6) is 0 Å². The molecule has 0 aromatic carbocycles. The molecule has 0 spiro atoms. The lowest BCUT2D eigenvalue weighted by Gasteiger charge is -2.40. The maximum Gasteiger partial charge on any atom is 0.164 e. The number of Topliss-reactive ketones (excluding diaryl/α,β-unsaturated/α-hetero) is 1. The molecule has 0 N–H and O–H groups in total. The third kappa shape index (κ3) is 3.78. The molecule has 0 saturated carbocycles. The second-order valence-corrected chi connectivity index (χ2v) is 4.94. The molecular formula is C14H27NO2. The van der Waals surface area contributed by atoms with Gasteiger partial charge in [0.1, 0.15) is 5.60 Å². The van der Waals surface area contributed by atoms with E-state index in [4.69, 9.17) is 4.74 Å². The van der Waals surface area contributed by atoms with Gasteiger partial charge in [0.05, 0.1) is 0 Å². The van der Waals surface area contributed by atoms with E-state index in [9.17, 15) is 4.79 Å². The summed E-state index contributed by atoms with van der Waals surface area (Å²) in [7, 11) is 0. The second kappa shape index (κ2) is 7.12. The van der Waals surface area contributed by atoms with E-state index in [0.29, 0.717) is 18.8 Å². The van der Waals surface area contributed by atoms with E-state index in [1.165, 1.54) is 6.42 Å². The number of piperidine rings is 1. The van der Waals surface area contributed by atoms with Crippen molar-refractivity contribution in [2.45, 2.75) is 58.5 Å². The van der Waals surface area contributed by atoms with Crippen LogP contribution in [0, 0.1) is 0 Å². The Labute approximate surface area is 106 Å². The Morgan fingerprint density at radius 3 is 2.29 bits per heavy atom. The minimum absolute atomic E-state index is 0.318. The molecule has 0 atom stereocenters. The molecule has 0 radical (unpaired) electrons. The van der Waals surface area contributed by atoms with Crippen molar-refractivity contribution in [3.05, 3.63) is 0 Å². The standard InChI is InChI=1S/C14H27NO2/c1-4-7-13(16)14(17-6-3)8-11-15(10-5-2)12-9-14/h4-12H2,1-3H3. The highest BCUT2D eigenvalue weighted by Crippen LogP contribution is 2.29. The minimum Gasteiger partial charge on any atom is -0.367 e. The molecule has 1 fully saturated rings. The van der Waals surface area contributed by atoms with Gasteiger partial charge in [0.2, 0.25) is 0 Å².